The van der Waals surface area contributed by atoms with Crippen LogP contribution in [0.1, 0.15) is 38.3 Å². The number of nitrogens with one attached hydrogen (secondary N) is 1. The van der Waals surface area contributed by atoms with Gasteiger partial charge >= 0.3 is 0 Å². The fourth-order valence-electron chi connectivity index (χ4n) is 2.78. The molecule has 4 nitrogen and oxygen atoms in total. The zero-order valence-electron chi connectivity index (χ0n) is 17.4. The molecule has 2 aromatic carbocycles. The first kappa shape index (κ1) is 23.3. The van der Waals surface area contributed by atoms with Crippen molar-refractivity contribution in [1.29, 1.82) is 0 Å². The molecule has 2 amide bonds. The molecule has 1 N–H and O–H groups in total. The highest BCUT2D eigenvalue weighted by Crippen LogP contribution is 2.22. The third kappa shape index (κ3) is 7.09. The van der Waals surface area contributed by atoms with Crippen LogP contribution in [-0.4, -0.2) is 34.6 Å². The molecule has 0 radical (unpaired) electrons. The maximum absolute atomic E-state index is 13.1. The Morgan fingerprint density at radius 2 is 1.76 bits per heavy atom. The van der Waals surface area contributed by atoms with Crippen LogP contribution in [0.3, 0.4) is 0 Å². The zero-order valence-corrected chi connectivity index (χ0v) is 19.0. The fraction of sp³-hybridized carbons (Fsp3) is 0.391. The van der Waals surface area contributed by atoms with E-state index in [1.54, 1.807) is 11.8 Å². The highest BCUT2D eigenvalue weighted by molar-refractivity contribution is 8.00. The molecule has 2 atom stereocenters. The van der Waals surface area contributed by atoms with Crippen molar-refractivity contribution in [2.24, 2.45) is 0 Å². The first-order valence-corrected chi connectivity index (χ1v) is 11.2. The van der Waals surface area contributed by atoms with Gasteiger partial charge in [0.15, 0.2) is 0 Å². The first-order chi connectivity index (χ1) is 13.8. The van der Waals surface area contributed by atoms with Crippen molar-refractivity contribution in [2.45, 2.75) is 57.6 Å². The molecule has 29 heavy (non-hydrogen) atoms. The molecule has 0 aliphatic carbocycles. The molecule has 0 aliphatic heterocycles. The van der Waals surface area contributed by atoms with Gasteiger partial charge in [-0.1, -0.05) is 42.8 Å². The van der Waals surface area contributed by atoms with Crippen molar-refractivity contribution in [1.82, 2.24) is 10.2 Å². The Hall–Kier alpha value is -1.98. The molecule has 0 spiro atoms. The lowest BCUT2D eigenvalue weighted by Gasteiger charge is -2.30. The number of carbonyl (C=O) groups excluding carboxylic acids is 2. The van der Waals surface area contributed by atoms with Gasteiger partial charge in [0.05, 0.1) is 5.75 Å². The minimum atomic E-state index is -0.554. The highest BCUT2D eigenvalue weighted by Gasteiger charge is 2.27. The molecule has 0 fully saturated rings. The second-order valence-electron chi connectivity index (χ2n) is 7.18. The van der Waals surface area contributed by atoms with Gasteiger partial charge in [0.1, 0.15) is 6.04 Å². The second-order valence-corrected chi connectivity index (χ2v) is 8.67. The minimum Gasteiger partial charge on any atom is -0.352 e. The van der Waals surface area contributed by atoms with E-state index in [9.17, 15) is 9.59 Å². The van der Waals surface area contributed by atoms with Crippen molar-refractivity contribution < 1.29 is 9.59 Å². The van der Waals surface area contributed by atoms with E-state index in [0.717, 1.165) is 22.4 Å². The van der Waals surface area contributed by atoms with E-state index in [4.69, 9.17) is 11.6 Å². The summed E-state index contributed by atoms with van der Waals surface area (Å²) in [6.07, 6.45) is 0.844. The maximum atomic E-state index is 13.1. The number of aryl methyl sites for hydroxylation is 1. The van der Waals surface area contributed by atoms with Gasteiger partial charge < -0.3 is 10.2 Å². The summed E-state index contributed by atoms with van der Waals surface area (Å²) in [6, 6.07) is 14.9. The number of nitrogens with zero attached hydrogens (tertiary/aromatic N) is 1. The Morgan fingerprint density at radius 1 is 1.10 bits per heavy atom. The first-order valence-electron chi connectivity index (χ1n) is 9.84. The van der Waals surface area contributed by atoms with Crippen molar-refractivity contribution >= 4 is 35.2 Å². The van der Waals surface area contributed by atoms with E-state index in [1.807, 2.05) is 69.3 Å². The predicted octanol–water partition coefficient (Wildman–Crippen LogP) is 5.07. The van der Waals surface area contributed by atoms with E-state index >= 15 is 0 Å². The molecule has 0 saturated carbocycles. The second kappa shape index (κ2) is 11.3. The van der Waals surface area contributed by atoms with Gasteiger partial charge in [-0.05, 0) is 62.6 Å². The van der Waals surface area contributed by atoms with Crippen LogP contribution in [0.15, 0.2) is 53.4 Å². The maximum Gasteiger partial charge on any atom is 0.242 e. The molecule has 0 heterocycles. The minimum absolute atomic E-state index is 0.0694. The normalized spacial score (nSPS) is 12.9. The van der Waals surface area contributed by atoms with Crippen LogP contribution in [0.4, 0.5) is 0 Å². The van der Waals surface area contributed by atoms with E-state index in [-0.39, 0.29) is 23.6 Å². The summed E-state index contributed by atoms with van der Waals surface area (Å²) in [5, 5.41) is 3.65. The third-order valence-electron chi connectivity index (χ3n) is 4.95. The summed E-state index contributed by atoms with van der Waals surface area (Å²) >= 11 is 7.38. The number of halogens is 1. The summed E-state index contributed by atoms with van der Waals surface area (Å²) < 4.78 is 0. The molecule has 0 unspecified atom stereocenters. The van der Waals surface area contributed by atoms with Crippen LogP contribution >= 0.6 is 23.4 Å². The molecule has 2 rings (SSSR count). The summed E-state index contributed by atoms with van der Waals surface area (Å²) in [7, 11) is 0. The lowest BCUT2D eigenvalue weighted by Crippen LogP contribution is -2.50. The van der Waals surface area contributed by atoms with E-state index in [1.165, 1.54) is 11.8 Å². The largest absolute Gasteiger partial charge is 0.352 e. The van der Waals surface area contributed by atoms with Gasteiger partial charge in [0.2, 0.25) is 11.8 Å². The van der Waals surface area contributed by atoms with Crippen molar-refractivity contribution in [3.63, 3.8) is 0 Å². The fourth-order valence-corrected chi connectivity index (χ4v) is 3.69. The van der Waals surface area contributed by atoms with Crippen LogP contribution in [0.2, 0.25) is 5.02 Å². The van der Waals surface area contributed by atoms with Crippen molar-refractivity contribution in [3.05, 3.63) is 64.7 Å². The lowest BCUT2D eigenvalue weighted by atomic mass is 10.1. The average Bonchev–Trinajstić information content (AvgIpc) is 2.71. The van der Waals surface area contributed by atoms with Crippen LogP contribution < -0.4 is 5.32 Å². The quantitative estimate of drug-likeness (QED) is 0.562. The monoisotopic (exact) mass is 432 g/mol. The van der Waals surface area contributed by atoms with E-state index in [2.05, 4.69) is 5.32 Å². The Balaban J connectivity index is 2.15. The molecular formula is C23H29ClN2O2S. The van der Waals surface area contributed by atoms with Gasteiger partial charge in [-0.15, -0.1) is 11.8 Å². The smallest absolute Gasteiger partial charge is 0.242 e. The predicted molar refractivity (Wildman–Crippen MR) is 121 cm³/mol. The number of amides is 2. The summed E-state index contributed by atoms with van der Waals surface area (Å²) in [5.74, 6) is 0.0619. The Bertz CT molecular complexity index is 826. The topological polar surface area (TPSA) is 49.4 Å². The zero-order chi connectivity index (χ0) is 21.4. The van der Waals surface area contributed by atoms with Crippen molar-refractivity contribution in [2.75, 3.05) is 5.75 Å². The Labute approximate surface area is 183 Å². The van der Waals surface area contributed by atoms with Crippen molar-refractivity contribution in [3.8, 4) is 0 Å². The Kier molecular flexibility index (Phi) is 9.05. The SMILES string of the molecule is CC[C@@H](C)NC(=O)[C@@H](C)N(Cc1ccccc1C)C(=O)CSc1ccc(Cl)cc1. The summed E-state index contributed by atoms with van der Waals surface area (Å²) in [4.78, 5) is 28.5. The lowest BCUT2D eigenvalue weighted by molar-refractivity contribution is -0.138. The van der Waals surface area contributed by atoms with E-state index in [0.29, 0.717) is 11.6 Å². The highest BCUT2D eigenvalue weighted by atomic mass is 35.5. The van der Waals surface area contributed by atoms with Gasteiger partial charge in [0, 0.05) is 22.5 Å². The number of hydrogen-bond acceptors (Lipinski definition) is 3. The van der Waals surface area contributed by atoms with Crippen LogP contribution in [-0.2, 0) is 16.1 Å². The standard InChI is InChI=1S/C23H29ClN2O2S/c1-5-17(3)25-23(28)18(4)26(14-19-9-7-6-8-16(19)2)22(27)15-29-21-12-10-20(24)11-13-21/h6-13,17-18H,5,14-15H2,1-4H3,(H,25,28)/t17-,18-/m1/s1. The molecule has 6 heteroatoms. The molecular weight excluding hydrogens is 404 g/mol. The third-order valence-corrected chi connectivity index (χ3v) is 6.19. The molecule has 0 saturated heterocycles. The summed E-state index contributed by atoms with van der Waals surface area (Å²) in [6.45, 7) is 8.20. The Morgan fingerprint density at radius 3 is 2.38 bits per heavy atom. The number of hydrogen-bond donors (Lipinski definition) is 1. The van der Waals surface area contributed by atoms with Crippen LogP contribution in [0, 0.1) is 6.92 Å². The number of carbonyl (C=O) groups is 2. The van der Waals surface area contributed by atoms with Crippen LogP contribution in [0.25, 0.3) is 0 Å². The van der Waals surface area contributed by atoms with Gasteiger partial charge in [-0.2, -0.15) is 0 Å². The summed E-state index contributed by atoms with van der Waals surface area (Å²) in [5.41, 5.74) is 2.14. The number of thioether (sulfide) groups is 1. The number of rotatable bonds is 9. The molecule has 2 aromatic rings. The molecule has 0 bridgehead atoms. The van der Waals surface area contributed by atoms with Gasteiger partial charge in [-0.25, -0.2) is 0 Å². The van der Waals surface area contributed by atoms with Gasteiger partial charge in [0.25, 0.3) is 0 Å². The average molecular weight is 433 g/mol. The van der Waals surface area contributed by atoms with Crippen LogP contribution in [0.5, 0.6) is 0 Å². The molecule has 0 aromatic heterocycles. The molecule has 0 aliphatic rings. The van der Waals surface area contributed by atoms with E-state index < -0.39 is 6.04 Å². The van der Waals surface area contributed by atoms with Gasteiger partial charge in [-0.3, -0.25) is 9.59 Å². The molecule has 156 valence electrons. The number of benzene rings is 2.